The largest absolute Gasteiger partial charge is 0.468 e. The van der Waals surface area contributed by atoms with Gasteiger partial charge in [-0.25, -0.2) is 0 Å². The summed E-state index contributed by atoms with van der Waals surface area (Å²) in [6.07, 6.45) is -21.4. The van der Waals surface area contributed by atoms with Crippen molar-refractivity contribution in [1.82, 2.24) is 0 Å². The molecule has 145 valence electrons. The summed E-state index contributed by atoms with van der Waals surface area (Å²) in [7, 11) is -7.35. The van der Waals surface area contributed by atoms with E-state index in [0.717, 1.165) is 0 Å². The van der Waals surface area contributed by atoms with Crippen LogP contribution in [0.25, 0.3) is 0 Å². The van der Waals surface area contributed by atoms with Crippen molar-refractivity contribution in [2.24, 2.45) is 0 Å². The summed E-state index contributed by atoms with van der Waals surface area (Å²) >= 11 is 0. The average molecular weight is 415 g/mol. The van der Waals surface area contributed by atoms with Gasteiger partial charge in [0.2, 0.25) is 0 Å². The van der Waals surface area contributed by atoms with Crippen LogP contribution in [0.2, 0.25) is 0 Å². The molecule has 0 aromatic rings. The molecule has 0 rings (SSSR count). The van der Waals surface area contributed by atoms with Crippen LogP contribution in [0.4, 0.5) is 48.4 Å². The smallest absolute Gasteiger partial charge is 0.437 e. The minimum atomic E-state index is -7.35. The molecule has 0 saturated carbocycles. The van der Waals surface area contributed by atoms with Gasteiger partial charge in [-0.3, -0.25) is 4.74 Å². The Labute approximate surface area is 142 Å². The molecule has 25 heavy (non-hydrogen) atoms. The van der Waals surface area contributed by atoms with E-state index in [2.05, 4.69) is 11.3 Å². The molecule has 0 fully saturated rings. The first-order valence-corrected chi connectivity index (χ1v) is 6.16. The van der Waals surface area contributed by atoms with Gasteiger partial charge in [-0.1, -0.05) is 11.0 Å². The van der Waals surface area contributed by atoms with Crippen molar-refractivity contribution in [1.29, 1.82) is 0 Å². The molecule has 0 saturated heterocycles. The molecule has 0 amide bonds. The molecule has 0 aliphatic heterocycles. The van der Waals surface area contributed by atoms with E-state index in [0.29, 0.717) is 0 Å². The quantitative estimate of drug-likeness (QED) is 0.347. The Balaban J connectivity index is 0. The van der Waals surface area contributed by atoms with Crippen molar-refractivity contribution >= 4 is 29.0 Å². The second kappa shape index (κ2) is 7.46. The summed E-state index contributed by atoms with van der Waals surface area (Å²) in [6.45, 7) is 2.25. The molecule has 0 N–H and O–H groups in total. The Hall–Kier alpha value is -0.763. The molecular formula is C7H3F11LiO5S. The fourth-order valence-electron chi connectivity index (χ4n) is 0.884. The predicted molar refractivity (Wildman–Crippen MR) is 54.0 cm³/mol. The molecule has 0 heterocycles. The summed E-state index contributed by atoms with van der Waals surface area (Å²) < 4.78 is 165. The summed E-state index contributed by atoms with van der Waals surface area (Å²) in [6, 6.07) is 0. The van der Waals surface area contributed by atoms with E-state index >= 15 is 0 Å². The van der Waals surface area contributed by atoms with Crippen LogP contribution in [-0.2, 0) is 24.0 Å². The Kier molecular flexibility index (Phi) is 7.90. The maximum atomic E-state index is 13.4. The fourth-order valence-corrected chi connectivity index (χ4v) is 1.30. The van der Waals surface area contributed by atoms with Crippen LogP contribution in [0.1, 0.15) is 0 Å². The summed E-state index contributed by atoms with van der Waals surface area (Å²) in [5.74, 6) is -7.01. The second-order valence-electron chi connectivity index (χ2n) is 3.55. The van der Waals surface area contributed by atoms with Gasteiger partial charge in [0.15, 0.2) is 0 Å². The SMILES string of the molecule is C=COC(F)(F)C(F)(OC(F)(F)C(F)(F)S(=O)(=O)OF)C(F)(F)F.[Li]. The van der Waals surface area contributed by atoms with Crippen LogP contribution in [0.15, 0.2) is 12.8 Å². The molecule has 5 nitrogen and oxygen atoms in total. The summed E-state index contributed by atoms with van der Waals surface area (Å²) in [5, 5.41) is -7.05. The predicted octanol–water partition coefficient (Wildman–Crippen LogP) is 3.02. The van der Waals surface area contributed by atoms with Crippen LogP contribution in [-0.4, -0.2) is 56.8 Å². The maximum Gasteiger partial charge on any atom is 0.468 e. The van der Waals surface area contributed by atoms with Gasteiger partial charge in [-0.05, 0) is 4.53 Å². The van der Waals surface area contributed by atoms with Gasteiger partial charge < -0.3 is 4.74 Å². The molecule has 0 aromatic heterocycles. The minimum absolute atomic E-state index is 0. The van der Waals surface area contributed by atoms with E-state index in [1.807, 2.05) is 0 Å². The zero-order valence-electron chi connectivity index (χ0n) is 11.4. The van der Waals surface area contributed by atoms with Crippen molar-refractivity contribution in [2.45, 2.75) is 29.5 Å². The number of hydrogen-bond acceptors (Lipinski definition) is 5. The Morgan fingerprint density at radius 3 is 1.52 bits per heavy atom. The fraction of sp³-hybridized carbons (Fsp3) is 0.714. The molecule has 1 radical (unpaired) electrons. The molecule has 0 spiro atoms. The first-order valence-electron chi connectivity index (χ1n) is 4.75. The molecule has 1 atom stereocenters. The van der Waals surface area contributed by atoms with Gasteiger partial charge in [0.1, 0.15) is 0 Å². The third kappa shape index (κ3) is 4.50. The average Bonchev–Trinajstić information content (AvgIpc) is 2.36. The molecule has 1 unspecified atom stereocenters. The Bertz CT molecular complexity index is 576. The van der Waals surface area contributed by atoms with Crippen molar-refractivity contribution in [3.05, 3.63) is 12.8 Å². The van der Waals surface area contributed by atoms with E-state index in [1.54, 1.807) is 4.74 Å². The second-order valence-corrected chi connectivity index (χ2v) is 5.09. The standard InChI is InChI=1S/C7H3F11O5S.Li/c1-2-21-5(12,13)3(8,4(9,10)11)22-6(14,15)7(16,17)24(19,20)23-18;/h2H,1H2;. The van der Waals surface area contributed by atoms with Gasteiger partial charge in [-0.15, -0.1) is 0 Å². The van der Waals surface area contributed by atoms with Crippen molar-refractivity contribution in [3.8, 4) is 0 Å². The van der Waals surface area contributed by atoms with Crippen LogP contribution < -0.4 is 0 Å². The Morgan fingerprint density at radius 1 is 0.840 bits per heavy atom. The van der Waals surface area contributed by atoms with Crippen LogP contribution in [0.5, 0.6) is 0 Å². The van der Waals surface area contributed by atoms with Crippen LogP contribution >= 0.6 is 0 Å². The van der Waals surface area contributed by atoms with Crippen molar-refractivity contribution < 1.29 is 70.7 Å². The minimum Gasteiger partial charge on any atom is -0.437 e. The van der Waals surface area contributed by atoms with E-state index in [9.17, 15) is 56.8 Å². The number of ether oxygens (including phenoxy) is 2. The normalized spacial score (nSPS) is 16.6. The number of alkyl halides is 10. The topological polar surface area (TPSA) is 61.8 Å². The third-order valence-electron chi connectivity index (χ3n) is 1.97. The van der Waals surface area contributed by atoms with Gasteiger partial charge in [0.25, 0.3) is 0 Å². The van der Waals surface area contributed by atoms with E-state index in [1.165, 1.54) is 4.39 Å². The molecule has 0 aliphatic carbocycles. The maximum absolute atomic E-state index is 13.4. The van der Waals surface area contributed by atoms with Gasteiger partial charge in [0, 0.05) is 18.9 Å². The van der Waals surface area contributed by atoms with Gasteiger partial charge >= 0.3 is 39.6 Å². The summed E-state index contributed by atoms with van der Waals surface area (Å²) in [4.78, 5) is 0. The zero-order chi connectivity index (χ0) is 19.8. The zero-order valence-corrected chi connectivity index (χ0v) is 12.2. The van der Waals surface area contributed by atoms with Crippen molar-refractivity contribution in [3.63, 3.8) is 0 Å². The third-order valence-corrected chi connectivity index (χ3v) is 3.01. The van der Waals surface area contributed by atoms with Crippen molar-refractivity contribution in [2.75, 3.05) is 0 Å². The number of rotatable bonds is 8. The summed E-state index contributed by atoms with van der Waals surface area (Å²) in [5.41, 5.74) is 0. The Morgan fingerprint density at radius 2 is 1.24 bits per heavy atom. The van der Waals surface area contributed by atoms with Crippen LogP contribution in [0, 0.1) is 0 Å². The molecule has 0 bridgehead atoms. The van der Waals surface area contributed by atoms with Gasteiger partial charge in [0.05, 0.1) is 6.26 Å². The number of halogens is 11. The first kappa shape index (κ1) is 26.5. The molecule has 0 aromatic carbocycles. The van der Waals surface area contributed by atoms with E-state index < -0.39 is 45.9 Å². The monoisotopic (exact) mass is 415 g/mol. The van der Waals surface area contributed by atoms with Crippen LogP contribution in [0.3, 0.4) is 0 Å². The number of hydrogen-bond donors (Lipinski definition) is 0. The molecule has 18 heteroatoms. The van der Waals surface area contributed by atoms with E-state index in [-0.39, 0.29) is 18.9 Å². The van der Waals surface area contributed by atoms with E-state index in [4.69, 9.17) is 0 Å². The molecule has 0 aliphatic rings. The van der Waals surface area contributed by atoms with Gasteiger partial charge in [-0.2, -0.15) is 52.3 Å². The molecular weight excluding hydrogens is 412 g/mol. The first-order chi connectivity index (χ1) is 10.3.